The van der Waals surface area contributed by atoms with E-state index >= 15 is 0 Å². The lowest BCUT2D eigenvalue weighted by Crippen LogP contribution is -2.41. The number of carbonyl (C=O) groups is 2. The third-order valence-electron chi connectivity index (χ3n) is 5.20. The van der Waals surface area contributed by atoms with E-state index in [4.69, 9.17) is 0 Å². The van der Waals surface area contributed by atoms with E-state index in [1.54, 1.807) is 31.1 Å². The molecule has 8 nitrogen and oxygen atoms in total. The first-order valence-electron chi connectivity index (χ1n) is 10.5. The topological polar surface area (TPSA) is 90.0 Å². The molecule has 0 atom stereocenters. The molecule has 1 aliphatic heterocycles. The molecule has 0 saturated carbocycles. The van der Waals surface area contributed by atoms with Crippen molar-refractivity contribution in [1.82, 2.24) is 14.1 Å². The molecular formula is C21H34N4O4S. The number of nitrogens with one attached hydrogen (secondary N) is 1. The van der Waals surface area contributed by atoms with Gasteiger partial charge in [-0.1, -0.05) is 19.4 Å². The molecule has 0 radical (unpaired) electrons. The first kappa shape index (κ1) is 24.3. The summed E-state index contributed by atoms with van der Waals surface area (Å²) in [6.07, 6.45) is 3.60. The van der Waals surface area contributed by atoms with Crippen LogP contribution in [0.25, 0.3) is 0 Å². The van der Waals surface area contributed by atoms with Crippen LogP contribution in [0.4, 0.5) is 5.69 Å². The van der Waals surface area contributed by atoms with E-state index in [1.807, 2.05) is 13.8 Å². The van der Waals surface area contributed by atoms with E-state index in [2.05, 4.69) is 5.32 Å². The highest BCUT2D eigenvalue weighted by Gasteiger charge is 2.26. The highest BCUT2D eigenvalue weighted by molar-refractivity contribution is 7.89. The van der Waals surface area contributed by atoms with Crippen molar-refractivity contribution in [2.24, 2.45) is 0 Å². The lowest BCUT2D eigenvalue weighted by molar-refractivity contribution is -0.130. The number of nitrogens with zero attached hydrogens (tertiary/aromatic N) is 3. The number of aryl methyl sites for hydroxylation is 1. The normalized spacial score (nSPS) is 15.2. The van der Waals surface area contributed by atoms with Gasteiger partial charge in [-0.15, -0.1) is 0 Å². The number of benzene rings is 1. The molecule has 0 bridgehead atoms. The van der Waals surface area contributed by atoms with Gasteiger partial charge in [-0.25, -0.2) is 8.42 Å². The second kappa shape index (κ2) is 10.9. The van der Waals surface area contributed by atoms with Crippen molar-refractivity contribution in [2.75, 3.05) is 52.1 Å². The number of rotatable bonds is 9. The Morgan fingerprint density at radius 1 is 1.10 bits per heavy atom. The Balaban J connectivity index is 2.12. The summed E-state index contributed by atoms with van der Waals surface area (Å²) in [6.45, 7) is 5.73. The summed E-state index contributed by atoms with van der Waals surface area (Å²) >= 11 is 0. The van der Waals surface area contributed by atoms with E-state index in [9.17, 15) is 18.0 Å². The van der Waals surface area contributed by atoms with Crippen LogP contribution >= 0.6 is 0 Å². The molecule has 1 aliphatic rings. The highest BCUT2D eigenvalue weighted by atomic mass is 32.2. The second-order valence-electron chi connectivity index (χ2n) is 7.99. The first-order valence-corrected chi connectivity index (χ1v) is 11.9. The lowest BCUT2D eigenvalue weighted by atomic mass is 10.2. The molecule has 1 saturated heterocycles. The van der Waals surface area contributed by atoms with Crippen LogP contribution in [0.2, 0.25) is 0 Å². The Kier molecular flexibility index (Phi) is 8.81. The Labute approximate surface area is 180 Å². The van der Waals surface area contributed by atoms with Crippen molar-refractivity contribution in [2.45, 2.75) is 44.4 Å². The predicted molar refractivity (Wildman–Crippen MR) is 118 cm³/mol. The van der Waals surface area contributed by atoms with Gasteiger partial charge < -0.3 is 10.2 Å². The van der Waals surface area contributed by atoms with Crippen molar-refractivity contribution in [1.29, 1.82) is 0 Å². The van der Waals surface area contributed by atoms with Crippen molar-refractivity contribution in [3.8, 4) is 0 Å². The van der Waals surface area contributed by atoms with Crippen LogP contribution < -0.4 is 5.32 Å². The quantitative estimate of drug-likeness (QED) is 0.636. The largest absolute Gasteiger partial charge is 0.348 e. The van der Waals surface area contributed by atoms with Crippen LogP contribution in [0.3, 0.4) is 0 Å². The molecule has 0 unspecified atom stereocenters. The summed E-state index contributed by atoms with van der Waals surface area (Å²) in [6, 6.07) is 4.84. The van der Waals surface area contributed by atoms with Gasteiger partial charge in [-0.3, -0.25) is 14.5 Å². The zero-order valence-electron chi connectivity index (χ0n) is 18.5. The van der Waals surface area contributed by atoms with Gasteiger partial charge in [-0.05, 0) is 50.4 Å². The lowest BCUT2D eigenvalue weighted by Gasteiger charge is -2.26. The van der Waals surface area contributed by atoms with Crippen molar-refractivity contribution in [3.05, 3.63) is 23.8 Å². The minimum atomic E-state index is -3.57. The van der Waals surface area contributed by atoms with Gasteiger partial charge in [-0.2, -0.15) is 4.31 Å². The maximum atomic E-state index is 12.9. The molecule has 1 aromatic rings. The molecule has 0 aliphatic carbocycles. The zero-order valence-corrected chi connectivity index (χ0v) is 19.3. The molecule has 168 valence electrons. The molecule has 2 amide bonds. The summed E-state index contributed by atoms with van der Waals surface area (Å²) in [5.74, 6) is -0.340. The van der Waals surface area contributed by atoms with Gasteiger partial charge >= 0.3 is 0 Å². The number of anilines is 1. The van der Waals surface area contributed by atoms with Crippen LogP contribution in [-0.4, -0.2) is 81.2 Å². The second-order valence-corrected chi connectivity index (χ2v) is 9.93. The van der Waals surface area contributed by atoms with E-state index in [0.717, 1.165) is 31.2 Å². The van der Waals surface area contributed by atoms with Crippen molar-refractivity contribution >= 4 is 27.5 Å². The first-order chi connectivity index (χ1) is 14.1. The van der Waals surface area contributed by atoms with Crippen LogP contribution in [0.1, 0.15) is 38.2 Å². The number of amides is 2. The van der Waals surface area contributed by atoms with Gasteiger partial charge in [0.05, 0.1) is 18.0 Å². The number of likely N-dealkylation sites (N-methyl/N-ethyl adjacent to an activating group) is 1. The van der Waals surface area contributed by atoms with Gasteiger partial charge in [0.1, 0.15) is 0 Å². The Bertz CT molecular complexity index is 849. The standard InChI is InChI=1S/C21H34N4O4S/c1-5-11-24(16-21(27)23(3)4)15-20(26)22-19-14-18(10-9-17(19)2)30(28,29)25-12-7-6-8-13-25/h9-10,14H,5-8,11-13,15-16H2,1-4H3,(H,22,26). The molecule has 0 spiro atoms. The maximum Gasteiger partial charge on any atom is 0.243 e. The molecule has 9 heteroatoms. The van der Waals surface area contributed by atoms with Crippen LogP contribution in [0.5, 0.6) is 0 Å². The molecule has 1 N–H and O–H groups in total. The Hall–Kier alpha value is -1.97. The average molecular weight is 439 g/mol. The van der Waals surface area contributed by atoms with Gasteiger partial charge in [0.15, 0.2) is 0 Å². The summed E-state index contributed by atoms with van der Waals surface area (Å²) in [4.78, 5) is 28.1. The third kappa shape index (κ3) is 6.52. The van der Waals surface area contributed by atoms with Crippen LogP contribution in [0, 0.1) is 6.92 Å². The van der Waals surface area contributed by atoms with E-state index < -0.39 is 10.0 Å². The average Bonchev–Trinajstić information content (AvgIpc) is 2.70. The molecule has 2 rings (SSSR count). The highest BCUT2D eigenvalue weighted by Crippen LogP contribution is 2.25. The van der Waals surface area contributed by atoms with Crippen molar-refractivity contribution < 1.29 is 18.0 Å². The zero-order chi connectivity index (χ0) is 22.3. The molecule has 30 heavy (non-hydrogen) atoms. The Morgan fingerprint density at radius 2 is 1.77 bits per heavy atom. The number of sulfonamides is 1. The molecule has 1 fully saturated rings. The van der Waals surface area contributed by atoms with Gasteiger partial charge in [0.25, 0.3) is 0 Å². The van der Waals surface area contributed by atoms with E-state index in [-0.39, 0.29) is 29.8 Å². The summed E-state index contributed by atoms with van der Waals surface area (Å²) in [7, 11) is -0.203. The van der Waals surface area contributed by atoms with Crippen molar-refractivity contribution in [3.63, 3.8) is 0 Å². The predicted octanol–water partition coefficient (Wildman–Crippen LogP) is 1.91. The Morgan fingerprint density at radius 3 is 2.37 bits per heavy atom. The fourth-order valence-electron chi connectivity index (χ4n) is 3.41. The monoisotopic (exact) mass is 438 g/mol. The number of hydrogen-bond donors (Lipinski definition) is 1. The maximum absolute atomic E-state index is 12.9. The van der Waals surface area contributed by atoms with Crippen LogP contribution in [-0.2, 0) is 19.6 Å². The SMILES string of the molecule is CCCN(CC(=O)Nc1cc(S(=O)(=O)N2CCCCC2)ccc1C)CC(=O)N(C)C. The molecule has 1 aromatic carbocycles. The van der Waals surface area contributed by atoms with E-state index in [0.29, 0.717) is 25.3 Å². The smallest absolute Gasteiger partial charge is 0.243 e. The molecule has 1 heterocycles. The van der Waals surface area contributed by atoms with E-state index in [1.165, 1.54) is 15.3 Å². The molecule has 0 aromatic heterocycles. The van der Waals surface area contributed by atoms with Gasteiger partial charge in [0.2, 0.25) is 21.8 Å². The van der Waals surface area contributed by atoms with Crippen LogP contribution in [0.15, 0.2) is 23.1 Å². The van der Waals surface area contributed by atoms with Gasteiger partial charge in [0, 0.05) is 32.9 Å². The number of carbonyl (C=O) groups excluding carboxylic acids is 2. The summed E-state index contributed by atoms with van der Waals surface area (Å²) in [5.41, 5.74) is 1.26. The third-order valence-corrected chi connectivity index (χ3v) is 7.10. The fourth-order valence-corrected chi connectivity index (χ4v) is 4.95. The molecular weight excluding hydrogens is 404 g/mol. The number of piperidine rings is 1. The minimum Gasteiger partial charge on any atom is -0.348 e. The fraction of sp³-hybridized carbons (Fsp3) is 0.619. The minimum absolute atomic E-state index is 0.0654. The summed E-state index contributed by atoms with van der Waals surface area (Å²) in [5, 5.41) is 2.83. The number of hydrogen-bond acceptors (Lipinski definition) is 5. The summed E-state index contributed by atoms with van der Waals surface area (Å²) < 4.78 is 27.4.